The highest BCUT2D eigenvalue weighted by Crippen LogP contribution is 2.39. The number of halogens is 3. The topological polar surface area (TPSA) is 87.3 Å². The molecule has 22 heavy (non-hydrogen) atoms. The molecule has 114 valence electrons. The number of fused-ring (bicyclic) bond motifs is 1. The molecule has 5 nitrogen and oxygen atoms in total. The van der Waals surface area contributed by atoms with E-state index < -0.39 is 12.1 Å². The van der Waals surface area contributed by atoms with Gasteiger partial charge in [0.25, 0.3) is 0 Å². The van der Waals surface area contributed by atoms with E-state index in [1.807, 2.05) is 0 Å². The first-order chi connectivity index (χ1) is 10.3. The summed E-state index contributed by atoms with van der Waals surface area (Å²) in [5.74, 6) is -0.514. The summed E-state index contributed by atoms with van der Waals surface area (Å²) in [6.45, 7) is 0. The van der Waals surface area contributed by atoms with Gasteiger partial charge in [-0.3, -0.25) is 0 Å². The second kappa shape index (κ2) is 4.83. The molecule has 0 amide bonds. The standard InChI is InChI=1S/C14H10F3N3O2/c15-14(16,17)21-10-6-5-9(7-1-3-8(18)4-2-7)11-12(10)22-20-13(11)19/h1-6H,18H2,(H2,19,20). The number of ether oxygens (including phenoxy) is 1. The number of anilines is 2. The Kier molecular flexibility index (Phi) is 3.09. The molecule has 0 saturated heterocycles. The summed E-state index contributed by atoms with van der Waals surface area (Å²) in [5, 5.41) is 3.78. The van der Waals surface area contributed by atoms with Crippen molar-refractivity contribution < 1.29 is 22.4 Å². The monoisotopic (exact) mass is 309 g/mol. The molecular weight excluding hydrogens is 299 g/mol. The zero-order chi connectivity index (χ0) is 15.9. The molecule has 0 aliphatic heterocycles. The van der Waals surface area contributed by atoms with Crippen LogP contribution in [0.1, 0.15) is 0 Å². The molecule has 0 aliphatic rings. The Morgan fingerprint density at radius 1 is 1.00 bits per heavy atom. The van der Waals surface area contributed by atoms with E-state index in [1.54, 1.807) is 24.3 Å². The van der Waals surface area contributed by atoms with Crippen molar-refractivity contribution in [1.29, 1.82) is 0 Å². The number of hydrogen-bond donors (Lipinski definition) is 2. The fourth-order valence-electron chi connectivity index (χ4n) is 2.16. The Bertz CT molecular complexity index is 826. The van der Waals surface area contributed by atoms with Crippen molar-refractivity contribution >= 4 is 22.5 Å². The molecule has 4 N–H and O–H groups in total. The van der Waals surface area contributed by atoms with Crippen LogP contribution >= 0.6 is 0 Å². The number of aromatic nitrogens is 1. The molecule has 0 unspecified atom stereocenters. The quantitative estimate of drug-likeness (QED) is 0.707. The largest absolute Gasteiger partial charge is 0.573 e. The van der Waals surface area contributed by atoms with Gasteiger partial charge in [0, 0.05) is 5.69 Å². The van der Waals surface area contributed by atoms with Gasteiger partial charge in [-0.2, -0.15) is 0 Å². The minimum absolute atomic E-state index is 0.0190. The Morgan fingerprint density at radius 3 is 2.32 bits per heavy atom. The van der Waals surface area contributed by atoms with Crippen LogP contribution in [-0.2, 0) is 0 Å². The molecule has 0 aliphatic carbocycles. The van der Waals surface area contributed by atoms with Gasteiger partial charge in [-0.1, -0.05) is 17.3 Å². The van der Waals surface area contributed by atoms with E-state index in [2.05, 4.69) is 9.89 Å². The Morgan fingerprint density at radius 2 is 1.68 bits per heavy atom. The smallest absolute Gasteiger partial charge is 0.402 e. The van der Waals surface area contributed by atoms with Gasteiger partial charge in [0.05, 0.1) is 5.39 Å². The number of alkyl halides is 3. The lowest BCUT2D eigenvalue weighted by molar-refractivity contribution is -0.274. The first kappa shape index (κ1) is 14.1. The third-order valence-electron chi connectivity index (χ3n) is 3.06. The van der Waals surface area contributed by atoms with E-state index in [-0.39, 0.29) is 16.8 Å². The SMILES string of the molecule is Nc1ccc(-c2ccc(OC(F)(F)F)c3onc(N)c23)cc1. The zero-order valence-electron chi connectivity index (χ0n) is 11.0. The van der Waals surface area contributed by atoms with E-state index in [4.69, 9.17) is 16.0 Å². The van der Waals surface area contributed by atoms with Crippen molar-refractivity contribution in [3.63, 3.8) is 0 Å². The molecular formula is C14H10F3N3O2. The first-order valence-electron chi connectivity index (χ1n) is 6.14. The molecule has 0 spiro atoms. The van der Waals surface area contributed by atoms with Crippen molar-refractivity contribution in [3.8, 4) is 16.9 Å². The fraction of sp³-hybridized carbons (Fsp3) is 0.0714. The van der Waals surface area contributed by atoms with Crippen LogP contribution in [0.3, 0.4) is 0 Å². The molecule has 1 aromatic heterocycles. The number of nitrogens with two attached hydrogens (primary N) is 2. The molecule has 3 aromatic rings. The Hall–Kier alpha value is -2.90. The summed E-state index contributed by atoms with van der Waals surface area (Å²) in [6, 6.07) is 9.41. The number of rotatable bonds is 2. The summed E-state index contributed by atoms with van der Waals surface area (Å²) >= 11 is 0. The van der Waals surface area contributed by atoms with E-state index in [0.717, 1.165) is 6.07 Å². The molecule has 0 saturated carbocycles. The van der Waals surface area contributed by atoms with Gasteiger partial charge >= 0.3 is 6.36 Å². The van der Waals surface area contributed by atoms with Crippen LogP contribution in [0, 0.1) is 0 Å². The lowest BCUT2D eigenvalue weighted by Crippen LogP contribution is -2.17. The summed E-state index contributed by atoms with van der Waals surface area (Å²) in [4.78, 5) is 0. The van der Waals surface area contributed by atoms with Gasteiger partial charge in [-0.05, 0) is 35.4 Å². The van der Waals surface area contributed by atoms with E-state index in [1.165, 1.54) is 6.07 Å². The Balaban J connectivity index is 2.19. The molecule has 0 atom stereocenters. The minimum atomic E-state index is -4.84. The second-order valence-corrected chi connectivity index (χ2v) is 4.55. The van der Waals surface area contributed by atoms with Gasteiger partial charge in [-0.25, -0.2) is 0 Å². The van der Waals surface area contributed by atoms with Crippen molar-refractivity contribution in [2.75, 3.05) is 11.5 Å². The van der Waals surface area contributed by atoms with Crippen molar-refractivity contribution in [1.82, 2.24) is 5.16 Å². The van der Waals surface area contributed by atoms with Gasteiger partial charge in [0.2, 0.25) is 5.58 Å². The second-order valence-electron chi connectivity index (χ2n) is 4.55. The minimum Gasteiger partial charge on any atom is -0.402 e. The van der Waals surface area contributed by atoms with E-state index in [9.17, 15) is 13.2 Å². The van der Waals surface area contributed by atoms with Crippen molar-refractivity contribution in [2.45, 2.75) is 6.36 Å². The van der Waals surface area contributed by atoms with E-state index in [0.29, 0.717) is 16.8 Å². The number of nitrogen functional groups attached to an aromatic ring is 2. The van der Waals surface area contributed by atoms with Crippen LogP contribution < -0.4 is 16.2 Å². The van der Waals surface area contributed by atoms with Gasteiger partial charge in [0.15, 0.2) is 11.6 Å². The fourth-order valence-corrected chi connectivity index (χ4v) is 2.16. The average Bonchev–Trinajstić information content (AvgIpc) is 2.82. The van der Waals surface area contributed by atoms with Crippen molar-refractivity contribution in [3.05, 3.63) is 36.4 Å². The number of benzene rings is 2. The summed E-state index contributed by atoms with van der Waals surface area (Å²) in [5.41, 5.74) is 13.0. The highest BCUT2D eigenvalue weighted by Gasteiger charge is 2.33. The number of hydrogen-bond acceptors (Lipinski definition) is 5. The van der Waals surface area contributed by atoms with Gasteiger partial charge in [-0.15, -0.1) is 13.2 Å². The third-order valence-corrected chi connectivity index (χ3v) is 3.06. The summed E-state index contributed by atoms with van der Waals surface area (Å²) in [6.07, 6.45) is -4.84. The maximum Gasteiger partial charge on any atom is 0.573 e. The van der Waals surface area contributed by atoms with Gasteiger partial charge in [0.1, 0.15) is 0 Å². The van der Waals surface area contributed by atoms with Crippen molar-refractivity contribution in [2.24, 2.45) is 0 Å². The molecule has 2 aromatic carbocycles. The predicted molar refractivity (Wildman–Crippen MR) is 75.0 cm³/mol. The number of nitrogens with zero attached hydrogens (tertiary/aromatic N) is 1. The van der Waals surface area contributed by atoms with Crippen LogP contribution in [0.15, 0.2) is 40.9 Å². The molecule has 1 heterocycles. The van der Waals surface area contributed by atoms with Crippen LogP contribution in [0.2, 0.25) is 0 Å². The first-order valence-corrected chi connectivity index (χ1v) is 6.14. The third kappa shape index (κ3) is 2.50. The van der Waals surface area contributed by atoms with Crippen LogP contribution in [0.4, 0.5) is 24.7 Å². The molecule has 0 fully saturated rings. The molecule has 0 bridgehead atoms. The maximum atomic E-state index is 12.4. The highest BCUT2D eigenvalue weighted by atomic mass is 19.4. The molecule has 0 radical (unpaired) electrons. The zero-order valence-corrected chi connectivity index (χ0v) is 11.0. The summed E-state index contributed by atoms with van der Waals surface area (Å²) < 4.78 is 46.1. The van der Waals surface area contributed by atoms with Crippen LogP contribution in [-0.4, -0.2) is 11.5 Å². The maximum absolute atomic E-state index is 12.4. The van der Waals surface area contributed by atoms with E-state index >= 15 is 0 Å². The summed E-state index contributed by atoms with van der Waals surface area (Å²) in [7, 11) is 0. The normalized spacial score (nSPS) is 11.8. The molecule has 8 heteroatoms. The predicted octanol–water partition coefficient (Wildman–Crippen LogP) is 3.56. The molecule has 3 rings (SSSR count). The average molecular weight is 309 g/mol. The van der Waals surface area contributed by atoms with Gasteiger partial charge < -0.3 is 20.7 Å². The lowest BCUT2D eigenvalue weighted by atomic mass is 10.0. The highest BCUT2D eigenvalue weighted by molar-refractivity contribution is 6.03. The lowest BCUT2D eigenvalue weighted by Gasteiger charge is -2.10. The van der Waals surface area contributed by atoms with Crippen LogP contribution in [0.5, 0.6) is 5.75 Å². The van der Waals surface area contributed by atoms with Crippen LogP contribution in [0.25, 0.3) is 22.1 Å². The Labute approximate surface area is 122 Å².